The molecule has 3 rings (SSSR count). The Morgan fingerprint density at radius 2 is 1.92 bits per heavy atom. The van der Waals surface area contributed by atoms with Crippen molar-refractivity contribution < 1.29 is 9.53 Å². The molecule has 26 heavy (non-hydrogen) atoms. The van der Waals surface area contributed by atoms with E-state index in [1.165, 1.54) is 5.56 Å². The third-order valence-corrected chi connectivity index (χ3v) is 4.40. The zero-order valence-corrected chi connectivity index (χ0v) is 15.0. The highest BCUT2D eigenvalue weighted by molar-refractivity contribution is 5.94. The van der Waals surface area contributed by atoms with Crippen LogP contribution in [-0.4, -0.2) is 61.7 Å². The molecule has 0 saturated carbocycles. The second kappa shape index (κ2) is 9.89. The Hall–Kier alpha value is -2.44. The molecule has 138 valence electrons. The first-order valence-corrected chi connectivity index (χ1v) is 9.13. The van der Waals surface area contributed by atoms with Crippen LogP contribution in [0.4, 0.5) is 5.82 Å². The number of ether oxygens (including phenoxy) is 1. The van der Waals surface area contributed by atoms with E-state index in [0.717, 1.165) is 51.6 Å². The van der Waals surface area contributed by atoms with Crippen LogP contribution in [0.5, 0.6) is 0 Å². The van der Waals surface area contributed by atoms with Crippen molar-refractivity contribution in [3.8, 4) is 0 Å². The maximum Gasteiger partial charge on any atom is 0.251 e. The molecule has 0 atom stereocenters. The van der Waals surface area contributed by atoms with Crippen molar-refractivity contribution in [2.24, 2.45) is 0 Å². The predicted octanol–water partition coefficient (Wildman–Crippen LogP) is 1.80. The van der Waals surface area contributed by atoms with Gasteiger partial charge in [-0.3, -0.25) is 9.69 Å². The van der Waals surface area contributed by atoms with Crippen LogP contribution in [-0.2, 0) is 11.2 Å². The quantitative estimate of drug-likeness (QED) is 0.757. The predicted molar refractivity (Wildman–Crippen MR) is 102 cm³/mol. The topological polar surface area (TPSA) is 66.5 Å². The van der Waals surface area contributed by atoms with Crippen LogP contribution in [0.15, 0.2) is 48.7 Å². The van der Waals surface area contributed by atoms with Crippen LogP contribution in [0.25, 0.3) is 0 Å². The molecule has 1 fully saturated rings. The van der Waals surface area contributed by atoms with Gasteiger partial charge in [0.25, 0.3) is 5.91 Å². The van der Waals surface area contributed by atoms with Crippen molar-refractivity contribution in [2.75, 3.05) is 51.3 Å². The molecule has 6 nitrogen and oxygen atoms in total. The van der Waals surface area contributed by atoms with Crippen molar-refractivity contribution in [3.05, 3.63) is 59.8 Å². The highest BCUT2D eigenvalue weighted by atomic mass is 16.5. The van der Waals surface area contributed by atoms with E-state index in [0.29, 0.717) is 12.1 Å². The number of nitrogens with one attached hydrogen (secondary N) is 2. The average molecular weight is 354 g/mol. The highest BCUT2D eigenvalue weighted by Crippen LogP contribution is 2.08. The Bertz CT molecular complexity index is 687. The van der Waals surface area contributed by atoms with E-state index in [-0.39, 0.29) is 5.91 Å². The molecule has 2 heterocycles. The first kappa shape index (κ1) is 18.4. The van der Waals surface area contributed by atoms with Gasteiger partial charge in [-0.2, -0.15) is 0 Å². The van der Waals surface area contributed by atoms with Gasteiger partial charge in [0.2, 0.25) is 0 Å². The summed E-state index contributed by atoms with van der Waals surface area (Å²) in [5.41, 5.74) is 1.90. The molecule has 1 aromatic carbocycles. The van der Waals surface area contributed by atoms with Crippen molar-refractivity contribution >= 4 is 11.7 Å². The van der Waals surface area contributed by atoms with Crippen molar-refractivity contribution in [1.29, 1.82) is 0 Å². The zero-order chi connectivity index (χ0) is 18.0. The minimum atomic E-state index is -0.0632. The van der Waals surface area contributed by atoms with E-state index in [1.807, 2.05) is 18.2 Å². The fourth-order valence-electron chi connectivity index (χ4n) is 2.90. The summed E-state index contributed by atoms with van der Waals surface area (Å²) in [5, 5.41) is 6.26. The van der Waals surface area contributed by atoms with Gasteiger partial charge in [-0.05, 0) is 24.1 Å². The lowest BCUT2D eigenvalue weighted by atomic mass is 10.1. The molecule has 0 unspecified atom stereocenters. The number of anilines is 1. The van der Waals surface area contributed by atoms with Gasteiger partial charge in [-0.25, -0.2) is 4.98 Å². The number of nitrogens with zero attached hydrogens (tertiary/aromatic N) is 2. The number of pyridine rings is 1. The summed E-state index contributed by atoms with van der Waals surface area (Å²) in [4.78, 5) is 18.9. The molecule has 1 saturated heterocycles. The fraction of sp³-hybridized carbons (Fsp3) is 0.400. The number of morpholine rings is 1. The maximum atomic E-state index is 12.3. The summed E-state index contributed by atoms with van der Waals surface area (Å²) in [6.07, 6.45) is 2.58. The Morgan fingerprint density at radius 3 is 2.73 bits per heavy atom. The Balaban J connectivity index is 1.42. The number of rotatable bonds is 8. The largest absolute Gasteiger partial charge is 0.379 e. The van der Waals surface area contributed by atoms with Crippen LogP contribution in [0, 0.1) is 0 Å². The molecule has 0 radical (unpaired) electrons. The minimum Gasteiger partial charge on any atom is -0.379 e. The number of hydrogen-bond donors (Lipinski definition) is 2. The van der Waals surface area contributed by atoms with E-state index in [1.54, 1.807) is 18.3 Å². The van der Waals surface area contributed by atoms with E-state index >= 15 is 0 Å². The van der Waals surface area contributed by atoms with E-state index < -0.39 is 0 Å². The smallest absolute Gasteiger partial charge is 0.251 e. The third-order valence-electron chi connectivity index (χ3n) is 4.40. The lowest BCUT2D eigenvalue weighted by Gasteiger charge is -2.26. The average Bonchev–Trinajstić information content (AvgIpc) is 2.70. The van der Waals surface area contributed by atoms with Crippen LogP contribution in [0.3, 0.4) is 0 Å². The third kappa shape index (κ3) is 5.82. The summed E-state index contributed by atoms with van der Waals surface area (Å²) in [6, 6.07) is 13.8. The SMILES string of the molecule is O=C(NCCN1CCOCC1)c1ccnc(NCCc2ccccc2)c1. The number of amides is 1. The van der Waals surface area contributed by atoms with Gasteiger partial charge in [-0.1, -0.05) is 30.3 Å². The molecule has 0 aliphatic carbocycles. The first-order chi connectivity index (χ1) is 12.8. The monoisotopic (exact) mass is 354 g/mol. The van der Waals surface area contributed by atoms with E-state index in [2.05, 4.69) is 32.7 Å². The summed E-state index contributed by atoms with van der Waals surface area (Å²) in [7, 11) is 0. The van der Waals surface area contributed by atoms with Crippen LogP contribution < -0.4 is 10.6 Å². The van der Waals surface area contributed by atoms with Gasteiger partial charge in [0.15, 0.2) is 0 Å². The summed E-state index contributed by atoms with van der Waals surface area (Å²) >= 11 is 0. The molecule has 2 aromatic rings. The molecule has 1 aliphatic heterocycles. The van der Waals surface area contributed by atoms with Crippen LogP contribution in [0.2, 0.25) is 0 Å². The standard InChI is InChI=1S/C20H26N4O2/c25-20(23-10-11-24-12-14-26-15-13-24)18-7-9-22-19(16-18)21-8-6-17-4-2-1-3-5-17/h1-5,7,9,16H,6,8,10-15H2,(H,21,22)(H,23,25). The Morgan fingerprint density at radius 1 is 1.12 bits per heavy atom. The molecule has 0 bridgehead atoms. The van der Waals surface area contributed by atoms with Crippen LogP contribution in [0.1, 0.15) is 15.9 Å². The maximum absolute atomic E-state index is 12.3. The molecular weight excluding hydrogens is 328 g/mol. The Labute approximate surface area is 154 Å². The lowest BCUT2D eigenvalue weighted by Crippen LogP contribution is -2.41. The molecule has 1 aromatic heterocycles. The number of carbonyl (C=O) groups is 1. The molecule has 1 aliphatic rings. The second-order valence-electron chi connectivity index (χ2n) is 6.30. The van der Waals surface area contributed by atoms with Crippen molar-refractivity contribution in [1.82, 2.24) is 15.2 Å². The summed E-state index contributed by atoms with van der Waals surface area (Å²) < 4.78 is 5.33. The second-order valence-corrected chi connectivity index (χ2v) is 6.30. The zero-order valence-electron chi connectivity index (χ0n) is 15.0. The first-order valence-electron chi connectivity index (χ1n) is 9.13. The fourth-order valence-corrected chi connectivity index (χ4v) is 2.90. The van der Waals surface area contributed by atoms with E-state index in [9.17, 15) is 4.79 Å². The number of aromatic nitrogens is 1. The molecule has 0 spiro atoms. The number of carbonyl (C=O) groups excluding carboxylic acids is 1. The van der Waals surface area contributed by atoms with Gasteiger partial charge < -0.3 is 15.4 Å². The lowest BCUT2D eigenvalue weighted by molar-refractivity contribution is 0.0383. The van der Waals surface area contributed by atoms with Gasteiger partial charge >= 0.3 is 0 Å². The highest BCUT2D eigenvalue weighted by Gasteiger charge is 2.11. The molecule has 6 heteroatoms. The van der Waals surface area contributed by atoms with Crippen molar-refractivity contribution in [3.63, 3.8) is 0 Å². The normalized spacial score (nSPS) is 14.8. The molecule has 1 amide bonds. The summed E-state index contributed by atoms with van der Waals surface area (Å²) in [5.74, 6) is 0.661. The van der Waals surface area contributed by atoms with Crippen LogP contribution >= 0.6 is 0 Å². The molecule has 2 N–H and O–H groups in total. The van der Waals surface area contributed by atoms with E-state index in [4.69, 9.17) is 4.74 Å². The van der Waals surface area contributed by atoms with Gasteiger partial charge in [0, 0.05) is 44.5 Å². The number of benzene rings is 1. The van der Waals surface area contributed by atoms with Gasteiger partial charge in [0.1, 0.15) is 5.82 Å². The van der Waals surface area contributed by atoms with Gasteiger partial charge in [-0.15, -0.1) is 0 Å². The van der Waals surface area contributed by atoms with Gasteiger partial charge in [0.05, 0.1) is 13.2 Å². The minimum absolute atomic E-state index is 0.0632. The number of hydrogen-bond acceptors (Lipinski definition) is 5. The summed E-state index contributed by atoms with van der Waals surface area (Å²) in [6.45, 7) is 5.67. The van der Waals surface area contributed by atoms with Crippen molar-refractivity contribution in [2.45, 2.75) is 6.42 Å². The Kier molecular flexibility index (Phi) is 6.98. The molecular formula is C20H26N4O2.